The molecule has 1 heteroatoms. The molecule has 27 heavy (non-hydrogen) atoms. The van der Waals surface area contributed by atoms with Crippen molar-refractivity contribution in [1.82, 2.24) is 4.57 Å². The lowest BCUT2D eigenvalue weighted by molar-refractivity contribution is 1.01. The second-order valence-electron chi connectivity index (χ2n) is 5.90. The first-order chi connectivity index (χ1) is 13.3. The number of aromatic nitrogens is 1. The fourth-order valence-electron chi connectivity index (χ4n) is 3.89. The summed E-state index contributed by atoms with van der Waals surface area (Å²) in [6.45, 7) is 12.0. The van der Waals surface area contributed by atoms with Gasteiger partial charge < -0.3 is 4.57 Å². The van der Waals surface area contributed by atoms with Gasteiger partial charge >= 0.3 is 0 Å². The quantitative estimate of drug-likeness (QED) is 0.264. The van der Waals surface area contributed by atoms with E-state index in [1.165, 1.54) is 44.1 Å². The van der Waals surface area contributed by atoms with Gasteiger partial charge in [-0.3, -0.25) is 0 Å². The van der Waals surface area contributed by atoms with E-state index >= 15 is 0 Å². The second-order valence-corrected chi connectivity index (χ2v) is 5.90. The zero-order chi connectivity index (χ0) is 20.0. The minimum absolute atomic E-state index is 1.05. The maximum Gasteiger partial charge on any atom is 0.0492 e. The topological polar surface area (TPSA) is 4.93 Å². The van der Waals surface area contributed by atoms with Crippen molar-refractivity contribution in [3.05, 3.63) is 71.8 Å². The molecule has 1 aromatic heterocycles. The van der Waals surface area contributed by atoms with E-state index in [9.17, 15) is 0 Å². The standard InChI is InChI=1S/C20H15N.3C2H6/c1-21-18-9-5-4-8-16(18)20-17-12-13-6-2-3-7-14(13)15(17)10-11-19(20)21;3*1-2/h2-11H,12H2,1H3;3*1-2H3. The van der Waals surface area contributed by atoms with Gasteiger partial charge in [0.15, 0.2) is 0 Å². The van der Waals surface area contributed by atoms with Crippen molar-refractivity contribution in [1.29, 1.82) is 0 Å². The van der Waals surface area contributed by atoms with E-state index in [-0.39, 0.29) is 0 Å². The van der Waals surface area contributed by atoms with Crippen molar-refractivity contribution in [2.75, 3.05) is 0 Å². The molecule has 142 valence electrons. The predicted octanol–water partition coefficient (Wildman–Crippen LogP) is 7.98. The molecule has 0 saturated carbocycles. The van der Waals surface area contributed by atoms with Crippen LogP contribution in [0.4, 0.5) is 0 Å². The summed E-state index contributed by atoms with van der Waals surface area (Å²) in [7, 11) is 2.17. The third kappa shape index (κ3) is 3.39. The van der Waals surface area contributed by atoms with Crippen LogP contribution >= 0.6 is 0 Å². The molecule has 3 aromatic carbocycles. The van der Waals surface area contributed by atoms with Crippen LogP contribution in [-0.4, -0.2) is 4.57 Å². The normalized spacial score (nSPS) is 10.6. The van der Waals surface area contributed by atoms with Crippen LogP contribution in [0.25, 0.3) is 32.9 Å². The fraction of sp³-hybridized carbons (Fsp3) is 0.308. The highest BCUT2D eigenvalue weighted by Crippen LogP contribution is 2.43. The highest BCUT2D eigenvalue weighted by molar-refractivity contribution is 6.12. The molecule has 1 nitrogen and oxygen atoms in total. The van der Waals surface area contributed by atoms with Gasteiger partial charge in [0.25, 0.3) is 0 Å². The van der Waals surface area contributed by atoms with Gasteiger partial charge in [-0.15, -0.1) is 0 Å². The van der Waals surface area contributed by atoms with Crippen molar-refractivity contribution < 1.29 is 0 Å². The Hall–Kier alpha value is -2.54. The summed E-state index contributed by atoms with van der Waals surface area (Å²) in [6.07, 6.45) is 1.05. The maximum absolute atomic E-state index is 2.31. The number of para-hydroxylation sites is 1. The Bertz CT molecular complexity index is 1020. The Balaban J connectivity index is 0.000000400. The summed E-state index contributed by atoms with van der Waals surface area (Å²) in [6, 6.07) is 22.1. The van der Waals surface area contributed by atoms with E-state index in [0.717, 1.165) is 6.42 Å². The van der Waals surface area contributed by atoms with Crippen molar-refractivity contribution in [3.63, 3.8) is 0 Å². The number of hydrogen-bond donors (Lipinski definition) is 0. The molecule has 0 unspecified atom stereocenters. The third-order valence-corrected chi connectivity index (χ3v) is 4.86. The Labute approximate surface area is 164 Å². The average molecular weight is 360 g/mol. The number of nitrogens with zero attached hydrogens (tertiary/aromatic N) is 1. The van der Waals surface area contributed by atoms with E-state index in [1.807, 2.05) is 41.5 Å². The van der Waals surface area contributed by atoms with E-state index in [1.54, 1.807) is 0 Å². The van der Waals surface area contributed by atoms with Gasteiger partial charge in [-0.25, -0.2) is 0 Å². The lowest BCUT2D eigenvalue weighted by atomic mass is 10.0. The van der Waals surface area contributed by atoms with Crippen molar-refractivity contribution >= 4 is 21.8 Å². The zero-order valence-electron chi connectivity index (χ0n) is 17.9. The number of aryl methyl sites for hydroxylation is 1. The molecule has 1 aliphatic rings. The summed E-state index contributed by atoms with van der Waals surface area (Å²) in [4.78, 5) is 0. The molecule has 1 aliphatic carbocycles. The predicted molar refractivity (Wildman–Crippen MR) is 123 cm³/mol. The number of hydrogen-bond acceptors (Lipinski definition) is 0. The van der Waals surface area contributed by atoms with Gasteiger partial charge in [0.1, 0.15) is 0 Å². The summed E-state index contributed by atoms with van der Waals surface area (Å²) in [5.74, 6) is 0. The number of benzene rings is 3. The second kappa shape index (κ2) is 9.41. The van der Waals surface area contributed by atoms with E-state index in [2.05, 4.69) is 72.3 Å². The Morgan fingerprint density at radius 3 is 2.00 bits per heavy atom. The lowest BCUT2D eigenvalue weighted by Crippen LogP contribution is -1.87. The largest absolute Gasteiger partial charge is 0.344 e. The van der Waals surface area contributed by atoms with Gasteiger partial charge in [0, 0.05) is 28.9 Å². The summed E-state index contributed by atoms with van der Waals surface area (Å²) in [5, 5.41) is 2.81. The van der Waals surface area contributed by atoms with Crippen LogP contribution in [-0.2, 0) is 13.5 Å². The molecule has 1 heterocycles. The van der Waals surface area contributed by atoms with Gasteiger partial charge in [0.2, 0.25) is 0 Å². The van der Waals surface area contributed by atoms with Crippen LogP contribution in [0.1, 0.15) is 52.7 Å². The molecule has 0 N–H and O–H groups in total. The van der Waals surface area contributed by atoms with Gasteiger partial charge in [-0.1, -0.05) is 90.1 Å². The highest BCUT2D eigenvalue weighted by Gasteiger charge is 2.22. The molecule has 0 bridgehead atoms. The Morgan fingerprint density at radius 1 is 0.630 bits per heavy atom. The van der Waals surface area contributed by atoms with Crippen LogP contribution in [0, 0.1) is 0 Å². The summed E-state index contributed by atoms with van der Waals surface area (Å²) >= 11 is 0. The third-order valence-electron chi connectivity index (χ3n) is 4.86. The van der Waals surface area contributed by atoms with Crippen molar-refractivity contribution in [2.24, 2.45) is 7.05 Å². The average Bonchev–Trinajstić information content (AvgIpc) is 3.28. The fourth-order valence-corrected chi connectivity index (χ4v) is 3.89. The maximum atomic E-state index is 2.31. The van der Waals surface area contributed by atoms with Gasteiger partial charge in [0.05, 0.1) is 0 Å². The molecule has 0 saturated heterocycles. The molecule has 5 rings (SSSR count). The molecule has 0 amide bonds. The van der Waals surface area contributed by atoms with Gasteiger partial charge in [-0.2, -0.15) is 0 Å². The summed E-state index contributed by atoms with van der Waals surface area (Å²) < 4.78 is 2.31. The molecule has 0 radical (unpaired) electrons. The SMILES string of the molecule is CC.CC.CC.Cn1c2ccccc2c2c3c(ccc21)-c1ccccc1C3. The van der Waals surface area contributed by atoms with E-state index in [4.69, 9.17) is 0 Å². The first-order valence-electron chi connectivity index (χ1n) is 10.4. The van der Waals surface area contributed by atoms with Crippen molar-refractivity contribution in [2.45, 2.75) is 48.0 Å². The zero-order valence-corrected chi connectivity index (χ0v) is 17.9. The van der Waals surface area contributed by atoms with Crippen molar-refractivity contribution in [3.8, 4) is 11.1 Å². The minimum atomic E-state index is 1.05. The van der Waals surface area contributed by atoms with Gasteiger partial charge in [-0.05, 0) is 40.8 Å². The molecule has 0 fully saturated rings. The molecule has 0 spiro atoms. The highest BCUT2D eigenvalue weighted by atomic mass is 14.9. The first kappa shape index (κ1) is 20.8. The van der Waals surface area contributed by atoms with Crippen LogP contribution in [0.15, 0.2) is 60.7 Å². The number of rotatable bonds is 0. The first-order valence-corrected chi connectivity index (χ1v) is 10.4. The lowest BCUT2D eigenvalue weighted by Gasteiger charge is -2.03. The minimum Gasteiger partial charge on any atom is -0.344 e. The molecule has 0 aliphatic heterocycles. The smallest absolute Gasteiger partial charge is 0.0492 e. The molecule has 0 atom stereocenters. The van der Waals surface area contributed by atoms with Crippen LogP contribution in [0.2, 0.25) is 0 Å². The summed E-state index contributed by atoms with van der Waals surface area (Å²) in [5.41, 5.74) is 8.41. The molecular weight excluding hydrogens is 326 g/mol. The van der Waals surface area contributed by atoms with E-state index < -0.39 is 0 Å². The monoisotopic (exact) mass is 359 g/mol. The Kier molecular flexibility index (Phi) is 7.24. The Morgan fingerprint density at radius 2 is 1.26 bits per heavy atom. The van der Waals surface area contributed by atoms with Crippen LogP contribution in [0.3, 0.4) is 0 Å². The number of fused-ring (bicyclic) bond motifs is 7. The van der Waals surface area contributed by atoms with E-state index in [0.29, 0.717) is 0 Å². The van der Waals surface area contributed by atoms with Crippen LogP contribution < -0.4 is 0 Å². The molecular formula is C26H33N. The van der Waals surface area contributed by atoms with Crippen LogP contribution in [0.5, 0.6) is 0 Å². The molecule has 4 aromatic rings.